The van der Waals surface area contributed by atoms with Gasteiger partial charge in [-0.25, -0.2) is 4.79 Å². The topological polar surface area (TPSA) is 102 Å². The number of nitro benzene ring substituents is 1. The van der Waals surface area contributed by atoms with Crippen LogP contribution in [0.5, 0.6) is 0 Å². The van der Waals surface area contributed by atoms with E-state index in [-0.39, 0.29) is 11.4 Å². The lowest BCUT2D eigenvalue weighted by Crippen LogP contribution is -2.21. The van der Waals surface area contributed by atoms with Crippen molar-refractivity contribution in [2.45, 2.75) is 0 Å². The second kappa shape index (κ2) is 7.91. The van der Waals surface area contributed by atoms with Crippen LogP contribution in [-0.2, 0) is 9.53 Å². The molecule has 8 heteroatoms. The van der Waals surface area contributed by atoms with Crippen molar-refractivity contribution in [3.05, 3.63) is 64.2 Å². The maximum absolute atomic E-state index is 11.9. The van der Waals surface area contributed by atoms with E-state index in [1.165, 1.54) is 24.3 Å². The average molecular weight is 343 g/mol. The summed E-state index contributed by atoms with van der Waals surface area (Å²) >= 11 is 0. The van der Waals surface area contributed by atoms with E-state index in [1.807, 2.05) is 19.0 Å². The van der Waals surface area contributed by atoms with Gasteiger partial charge in [-0.05, 0) is 30.3 Å². The fourth-order valence-electron chi connectivity index (χ4n) is 2.00. The van der Waals surface area contributed by atoms with Crippen molar-refractivity contribution in [1.82, 2.24) is 0 Å². The van der Waals surface area contributed by atoms with Crippen LogP contribution in [0.1, 0.15) is 10.4 Å². The van der Waals surface area contributed by atoms with Crippen LogP contribution in [0.4, 0.5) is 17.1 Å². The molecule has 0 aliphatic heterocycles. The molecule has 130 valence electrons. The number of anilines is 2. The molecule has 0 fully saturated rings. The number of ether oxygens (including phenoxy) is 1. The molecule has 0 saturated carbocycles. The third kappa shape index (κ3) is 5.03. The van der Waals surface area contributed by atoms with E-state index in [4.69, 9.17) is 4.74 Å². The van der Waals surface area contributed by atoms with Crippen LogP contribution >= 0.6 is 0 Å². The zero-order chi connectivity index (χ0) is 18.4. The molecule has 8 nitrogen and oxygen atoms in total. The van der Waals surface area contributed by atoms with Crippen LogP contribution < -0.4 is 10.2 Å². The second-order valence-corrected chi connectivity index (χ2v) is 5.37. The average Bonchev–Trinajstić information content (AvgIpc) is 2.60. The molecular formula is C17H17N3O5. The predicted octanol–water partition coefficient (Wildman–Crippen LogP) is 2.46. The summed E-state index contributed by atoms with van der Waals surface area (Å²) in [6, 6.07) is 12.2. The summed E-state index contributed by atoms with van der Waals surface area (Å²) in [5, 5.41) is 13.1. The van der Waals surface area contributed by atoms with Crippen molar-refractivity contribution in [1.29, 1.82) is 0 Å². The van der Waals surface area contributed by atoms with Gasteiger partial charge in [-0.3, -0.25) is 14.9 Å². The van der Waals surface area contributed by atoms with Crippen LogP contribution in [0.3, 0.4) is 0 Å². The second-order valence-electron chi connectivity index (χ2n) is 5.37. The summed E-state index contributed by atoms with van der Waals surface area (Å²) in [5.41, 5.74) is 1.37. The van der Waals surface area contributed by atoms with E-state index >= 15 is 0 Å². The van der Waals surface area contributed by atoms with Crippen LogP contribution in [-0.4, -0.2) is 37.5 Å². The molecule has 0 aromatic heterocycles. The van der Waals surface area contributed by atoms with E-state index in [0.717, 1.165) is 5.69 Å². The van der Waals surface area contributed by atoms with Crippen molar-refractivity contribution >= 4 is 28.9 Å². The number of non-ortho nitro benzene ring substituents is 1. The summed E-state index contributed by atoms with van der Waals surface area (Å²) in [5.74, 6) is -1.21. The molecule has 0 unspecified atom stereocenters. The number of nitrogens with zero attached hydrogens (tertiary/aromatic N) is 2. The largest absolute Gasteiger partial charge is 0.452 e. The fourth-order valence-corrected chi connectivity index (χ4v) is 2.00. The molecule has 0 heterocycles. The Kier molecular flexibility index (Phi) is 5.67. The first-order chi connectivity index (χ1) is 11.9. The lowest BCUT2D eigenvalue weighted by Gasteiger charge is -2.12. The van der Waals surface area contributed by atoms with Gasteiger partial charge < -0.3 is 15.0 Å². The van der Waals surface area contributed by atoms with E-state index in [0.29, 0.717) is 5.56 Å². The Balaban J connectivity index is 1.90. The van der Waals surface area contributed by atoms with Crippen LogP contribution in [0.25, 0.3) is 0 Å². The van der Waals surface area contributed by atoms with Crippen molar-refractivity contribution < 1.29 is 19.2 Å². The first-order valence-corrected chi connectivity index (χ1v) is 7.35. The van der Waals surface area contributed by atoms with Gasteiger partial charge in [0.2, 0.25) is 0 Å². The number of nitrogens with one attached hydrogen (secondary N) is 1. The number of esters is 1. The third-order valence-electron chi connectivity index (χ3n) is 3.29. The van der Waals surface area contributed by atoms with Crippen molar-refractivity contribution in [2.24, 2.45) is 0 Å². The van der Waals surface area contributed by atoms with Gasteiger partial charge in [0, 0.05) is 37.6 Å². The number of hydrogen-bond acceptors (Lipinski definition) is 6. The summed E-state index contributed by atoms with van der Waals surface area (Å²) in [7, 11) is 3.76. The van der Waals surface area contributed by atoms with E-state index in [9.17, 15) is 19.7 Å². The Labute approximate surface area is 144 Å². The fraction of sp³-hybridized carbons (Fsp3) is 0.176. The maximum Gasteiger partial charge on any atom is 0.338 e. The zero-order valence-corrected chi connectivity index (χ0v) is 13.8. The number of carbonyl (C=O) groups is 2. The highest BCUT2D eigenvalue weighted by Gasteiger charge is 2.12. The summed E-state index contributed by atoms with van der Waals surface area (Å²) in [6.07, 6.45) is 0. The summed E-state index contributed by atoms with van der Waals surface area (Å²) in [6.45, 7) is -0.489. The lowest BCUT2D eigenvalue weighted by atomic mass is 10.2. The standard InChI is InChI=1S/C17H17N3O5/c1-19(2)14-8-6-12(7-9-14)17(22)25-11-16(21)18-13-4-3-5-15(10-13)20(23)24/h3-10H,11H2,1-2H3,(H,18,21). The van der Waals surface area contributed by atoms with Gasteiger partial charge in [0.15, 0.2) is 6.61 Å². The Morgan fingerprint density at radius 2 is 1.84 bits per heavy atom. The molecule has 0 spiro atoms. The molecule has 0 radical (unpaired) electrons. The Morgan fingerprint density at radius 1 is 1.16 bits per heavy atom. The van der Waals surface area contributed by atoms with Gasteiger partial charge in [0.25, 0.3) is 11.6 Å². The molecule has 2 aromatic rings. The highest BCUT2D eigenvalue weighted by atomic mass is 16.6. The smallest absolute Gasteiger partial charge is 0.338 e. The van der Waals surface area contributed by atoms with E-state index in [1.54, 1.807) is 24.3 Å². The number of amides is 1. The van der Waals surface area contributed by atoms with Gasteiger partial charge in [0.1, 0.15) is 0 Å². The molecule has 2 rings (SSSR count). The molecule has 0 aliphatic carbocycles. The highest BCUT2D eigenvalue weighted by molar-refractivity contribution is 5.95. The molecule has 25 heavy (non-hydrogen) atoms. The predicted molar refractivity (Wildman–Crippen MR) is 92.8 cm³/mol. The molecule has 1 N–H and O–H groups in total. The van der Waals surface area contributed by atoms with Crippen molar-refractivity contribution in [3.8, 4) is 0 Å². The molecule has 0 aliphatic rings. The van der Waals surface area contributed by atoms with Crippen molar-refractivity contribution in [3.63, 3.8) is 0 Å². The van der Waals surface area contributed by atoms with Crippen LogP contribution in [0.15, 0.2) is 48.5 Å². The molecule has 0 bridgehead atoms. The van der Waals surface area contributed by atoms with Crippen LogP contribution in [0, 0.1) is 10.1 Å². The quantitative estimate of drug-likeness (QED) is 0.491. The van der Waals surface area contributed by atoms with Gasteiger partial charge in [-0.2, -0.15) is 0 Å². The maximum atomic E-state index is 11.9. The Bertz CT molecular complexity index is 787. The molecule has 0 atom stereocenters. The first kappa shape index (κ1) is 17.9. The number of benzene rings is 2. The summed E-state index contributed by atoms with van der Waals surface area (Å²) in [4.78, 5) is 35.8. The highest BCUT2D eigenvalue weighted by Crippen LogP contribution is 2.17. The monoisotopic (exact) mass is 343 g/mol. The third-order valence-corrected chi connectivity index (χ3v) is 3.29. The molecule has 0 saturated heterocycles. The number of carbonyl (C=O) groups excluding carboxylic acids is 2. The number of nitro groups is 1. The minimum atomic E-state index is -0.625. The van der Waals surface area contributed by atoms with Crippen LogP contribution in [0.2, 0.25) is 0 Å². The number of rotatable bonds is 6. The van der Waals surface area contributed by atoms with Gasteiger partial charge >= 0.3 is 5.97 Å². The van der Waals surface area contributed by atoms with Gasteiger partial charge in [-0.1, -0.05) is 6.07 Å². The zero-order valence-electron chi connectivity index (χ0n) is 13.8. The minimum Gasteiger partial charge on any atom is -0.452 e. The molecule has 1 amide bonds. The molecular weight excluding hydrogens is 326 g/mol. The Morgan fingerprint density at radius 3 is 2.44 bits per heavy atom. The number of hydrogen-bond donors (Lipinski definition) is 1. The Hall–Kier alpha value is -3.42. The first-order valence-electron chi connectivity index (χ1n) is 7.35. The lowest BCUT2D eigenvalue weighted by molar-refractivity contribution is -0.384. The van der Waals surface area contributed by atoms with Gasteiger partial charge in [-0.15, -0.1) is 0 Å². The summed E-state index contributed by atoms with van der Waals surface area (Å²) < 4.78 is 4.94. The van der Waals surface area contributed by atoms with E-state index < -0.39 is 23.4 Å². The van der Waals surface area contributed by atoms with Crippen molar-refractivity contribution in [2.75, 3.05) is 30.9 Å². The molecule has 2 aromatic carbocycles. The SMILES string of the molecule is CN(C)c1ccc(C(=O)OCC(=O)Nc2cccc([N+](=O)[O-])c2)cc1. The minimum absolute atomic E-state index is 0.143. The normalized spacial score (nSPS) is 10.0. The van der Waals surface area contributed by atoms with Gasteiger partial charge in [0.05, 0.1) is 10.5 Å². The van der Waals surface area contributed by atoms with E-state index in [2.05, 4.69) is 5.32 Å².